The van der Waals surface area contributed by atoms with Crippen molar-refractivity contribution in [3.8, 4) is 28.3 Å². The largest absolute Gasteiger partial charge is 0.493 e. The van der Waals surface area contributed by atoms with Crippen molar-refractivity contribution in [2.24, 2.45) is 0 Å². The van der Waals surface area contributed by atoms with Gasteiger partial charge in [-0.25, -0.2) is 9.18 Å². The highest BCUT2D eigenvalue weighted by Gasteiger charge is 2.17. The van der Waals surface area contributed by atoms with Gasteiger partial charge in [-0.3, -0.25) is 4.68 Å². The summed E-state index contributed by atoms with van der Waals surface area (Å²) in [6, 6.07) is 22.7. The van der Waals surface area contributed by atoms with Gasteiger partial charge in [-0.15, -0.1) is 0 Å². The lowest BCUT2D eigenvalue weighted by molar-refractivity contribution is 0.0697. The van der Waals surface area contributed by atoms with Crippen molar-refractivity contribution >= 4 is 5.97 Å². The number of hydrogen-bond acceptors (Lipinski definition) is 3. The van der Waals surface area contributed by atoms with Crippen molar-refractivity contribution in [2.75, 3.05) is 6.61 Å². The summed E-state index contributed by atoms with van der Waals surface area (Å²) in [6.07, 6.45) is 0. The quantitative estimate of drug-likeness (QED) is 0.432. The van der Waals surface area contributed by atoms with Gasteiger partial charge in [0.1, 0.15) is 11.6 Å². The van der Waals surface area contributed by atoms with E-state index in [-0.39, 0.29) is 11.4 Å². The van der Waals surface area contributed by atoms with Crippen LogP contribution >= 0.6 is 0 Å². The Hall–Kier alpha value is -3.93. The van der Waals surface area contributed by atoms with Crippen LogP contribution in [0.5, 0.6) is 5.75 Å². The minimum atomic E-state index is -1.03. The number of benzene rings is 3. The van der Waals surface area contributed by atoms with E-state index in [4.69, 9.17) is 9.84 Å². The summed E-state index contributed by atoms with van der Waals surface area (Å²) >= 11 is 0. The third kappa shape index (κ3) is 4.48. The van der Waals surface area contributed by atoms with Gasteiger partial charge in [-0.2, -0.15) is 5.10 Å². The lowest BCUT2D eigenvalue weighted by Crippen LogP contribution is -2.04. The van der Waals surface area contributed by atoms with Gasteiger partial charge in [0.05, 0.1) is 30.1 Å². The smallest absolute Gasteiger partial charge is 0.335 e. The molecule has 0 aliphatic heterocycles. The molecule has 0 aliphatic rings. The monoisotopic (exact) mass is 416 g/mol. The van der Waals surface area contributed by atoms with Crippen LogP contribution in [0.1, 0.15) is 22.8 Å². The zero-order valence-corrected chi connectivity index (χ0v) is 17.0. The van der Waals surface area contributed by atoms with Crippen LogP contribution in [0.25, 0.3) is 22.5 Å². The molecule has 0 amide bonds. The minimum absolute atomic E-state index is 0.142. The van der Waals surface area contributed by atoms with Crippen LogP contribution in [-0.4, -0.2) is 27.5 Å². The molecule has 1 aromatic heterocycles. The Bertz CT molecular complexity index is 1220. The lowest BCUT2D eigenvalue weighted by atomic mass is 10.1. The van der Waals surface area contributed by atoms with Gasteiger partial charge in [0, 0.05) is 11.1 Å². The summed E-state index contributed by atoms with van der Waals surface area (Å²) in [6.45, 7) is 2.78. The summed E-state index contributed by atoms with van der Waals surface area (Å²) in [7, 11) is 0. The van der Waals surface area contributed by atoms with E-state index in [1.807, 2.05) is 49.4 Å². The number of rotatable bonds is 7. The number of carbonyl (C=O) groups is 1. The molecule has 1 N–H and O–H groups in total. The molecule has 1 heterocycles. The van der Waals surface area contributed by atoms with Crippen molar-refractivity contribution in [1.29, 1.82) is 0 Å². The van der Waals surface area contributed by atoms with E-state index in [1.165, 1.54) is 18.2 Å². The average Bonchev–Trinajstić information content (AvgIpc) is 3.18. The number of halogens is 1. The van der Waals surface area contributed by atoms with Gasteiger partial charge in [-0.05, 0) is 48.9 Å². The molecule has 3 aromatic carbocycles. The van der Waals surface area contributed by atoms with Gasteiger partial charge in [-0.1, -0.05) is 42.5 Å². The van der Waals surface area contributed by atoms with Crippen LogP contribution in [-0.2, 0) is 6.54 Å². The first-order chi connectivity index (χ1) is 15.0. The zero-order valence-electron chi connectivity index (χ0n) is 17.0. The number of aromatic nitrogens is 2. The molecule has 4 aromatic rings. The Balaban J connectivity index is 1.87. The van der Waals surface area contributed by atoms with Gasteiger partial charge in [0.15, 0.2) is 0 Å². The van der Waals surface area contributed by atoms with Crippen molar-refractivity contribution in [2.45, 2.75) is 13.5 Å². The first-order valence-electron chi connectivity index (χ1n) is 9.93. The summed E-state index contributed by atoms with van der Waals surface area (Å²) in [5, 5.41) is 14.2. The van der Waals surface area contributed by atoms with Crippen LogP contribution in [0.15, 0.2) is 78.9 Å². The van der Waals surface area contributed by atoms with Crippen LogP contribution < -0.4 is 4.74 Å². The van der Waals surface area contributed by atoms with E-state index in [2.05, 4.69) is 0 Å². The molecule has 0 atom stereocenters. The SMILES string of the molecule is CCOc1ccc(C(=O)O)cc1-c1cc(-c2cccc(F)c2)n(Cc2ccccc2)n1. The molecule has 0 radical (unpaired) electrons. The normalized spacial score (nSPS) is 10.8. The molecule has 0 bridgehead atoms. The summed E-state index contributed by atoms with van der Waals surface area (Å²) in [4.78, 5) is 11.5. The van der Waals surface area contributed by atoms with Gasteiger partial charge in [0.2, 0.25) is 0 Å². The van der Waals surface area contributed by atoms with Crippen molar-refractivity contribution in [3.63, 3.8) is 0 Å². The number of hydrogen-bond donors (Lipinski definition) is 1. The highest BCUT2D eigenvalue weighted by molar-refractivity contribution is 5.90. The fraction of sp³-hybridized carbons (Fsp3) is 0.120. The maximum Gasteiger partial charge on any atom is 0.335 e. The maximum absolute atomic E-state index is 13.9. The number of carboxylic acids is 1. The van der Waals surface area contributed by atoms with Gasteiger partial charge in [0.25, 0.3) is 0 Å². The summed E-state index contributed by atoms with van der Waals surface area (Å²) in [5.74, 6) is -0.824. The van der Waals surface area contributed by atoms with Crippen LogP contribution in [0, 0.1) is 5.82 Å². The number of nitrogens with zero attached hydrogens (tertiary/aromatic N) is 2. The second-order valence-electron chi connectivity index (χ2n) is 7.02. The second-order valence-corrected chi connectivity index (χ2v) is 7.02. The maximum atomic E-state index is 13.9. The highest BCUT2D eigenvalue weighted by Crippen LogP contribution is 2.34. The first kappa shape index (κ1) is 20.3. The van der Waals surface area contributed by atoms with E-state index in [1.54, 1.807) is 22.9 Å². The van der Waals surface area contributed by atoms with E-state index in [0.717, 1.165) is 11.3 Å². The predicted molar refractivity (Wildman–Crippen MR) is 117 cm³/mol. The molecule has 156 valence electrons. The molecular weight excluding hydrogens is 395 g/mol. The van der Waals surface area contributed by atoms with E-state index in [0.29, 0.717) is 35.7 Å². The summed E-state index contributed by atoms with van der Waals surface area (Å²) < 4.78 is 21.4. The third-order valence-electron chi connectivity index (χ3n) is 4.88. The predicted octanol–water partition coefficient (Wildman–Crippen LogP) is 5.50. The topological polar surface area (TPSA) is 64.3 Å². The Morgan fingerprint density at radius 3 is 2.55 bits per heavy atom. The molecule has 4 rings (SSSR count). The summed E-state index contributed by atoms with van der Waals surface area (Å²) in [5.41, 5.74) is 3.72. The Kier molecular flexibility index (Phi) is 5.80. The van der Waals surface area contributed by atoms with Crippen LogP contribution in [0.2, 0.25) is 0 Å². The molecule has 0 saturated carbocycles. The van der Waals surface area contributed by atoms with Gasteiger partial charge < -0.3 is 9.84 Å². The molecule has 0 saturated heterocycles. The lowest BCUT2D eigenvalue weighted by Gasteiger charge is -2.09. The first-order valence-corrected chi connectivity index (χ1v) is 9.93. The van der Waals surface area contributed by atoms with Crippen LogP contribution in [0.3, 0.4) is 0 Å². The fourth-order valence-corrected chi connectivity index (χ4v) is 3.45. The molecule has 5 nitrogen and oxygen atoms in total. The Morgan fingerprint density at radius 1 is 1.03 bits per heavy atom. The Morgan fingerprint density at radius 2 is 1.84 bits per heavy atom. The molecule has 0 fully saturated rings. The highest BCUT2D eigenvalue weighted by atomic mass is 19.1. The van der Waals surface area contributed by atoms with E-state index in [9.17, 15) is 14.3 Å². The van der Waals surface area contributed by atoms with Crippen molar-refractivity contribution < 1.29 is 19.0 Å². The Labute approximate surface area is 179 Å². The van der Waals surface area contributed by atoms with Gasteiger partial charge >= 0.3 is 5.97 Å². The third-order valence-corrected chi connectivity index (χ3v) is 4.88. The molecule has 0 unspecified atom stereocenters. The standard InChI is InChI=1S/C25H21FN2O3/c1-2-31-24-12-11-19(25(29)30)14-21(24)22-15-23(18-9-6-10-20(26)13-18)28(27-22)16-17-7-4-3-5-8-17/h3-15H,2,16H2,1H3,(H,29,30). The molecule has 0 aliphatic carbocycles. The zero-order chi connectivity index (χ0) is 21.8. The molecular formula is C25H21FN2O3. The molecule has 6 heteroatoms. The fourth-order valence-electron chi connectivity index (χ4n) is 3.45. The van der Waals surface area contributed by atoms with E-state index < -0.39 is 5.97 Å². The number of carboxylic acid groups (broad SMARTS) is 1. The number of ether oxygens (including phenoxy) is 1. The van der Waals surface area contributed by atoms with Crippen molar-refractivity contribution in [1.82, 2.24) is 9.78 Å². The second kappa shape index (κ2) is 8.83. The molecule has 31 heavy (non-hydrogen) atoms. The molecule has 0 spiro atoms. The minimum Gasteiger partial charge on any atom is -0.493 e. The van der Waals surface area contributed by atoms with Crippen molar-refractivity contribution in [3.05, 3.63) is 95.8 Å². The average molecular weight is 416 g/mol. The number of aromatic carboxylic acids is 1. The van der Waals surface area contributed by atoms with Crippen LogP contribution in [0.4, 0.5) is 4.39 Å². The van der Waals surface area contributed by atoms with E-state index >= 15 is 0 Å².